The number of aromatic nitrogens is 4. The number of furan rings is 2. The maximum absolute atomic E-state index is 6.59. The lowest BCUT2D eigenvalue weighted by molar-refractivity contribution is 0.668. The second kappa shape index (κ2) is 12.2. The van der Waals surface area contributed by atoms with Crippen LogP contribution in [0.2, 0.25) is 0 Å². The Kier molecular flexibility index (Phi) is 6.63. The maximum atomic E-state index is 6.59. The zero-order valence-electron chi connectivity index (χ0n) is 31.4. The van der Waals surface area contributed by atoms with E-state index in [1.54, 1.807) is 0 Å². The van der Waals surface area contributed by atoms with Crippen LogP contribution in [0, 0.1) is 0 Å². The minimum absolute atomic E-state index is 0.550. The molecule has 0 saturated carbocycles. The number of benzene rings is 9. The molecule has 0 atom stereocenters. The van der Waals surface area contributed by atoms with E-state index in [0.29, 0.717) is 17.5 Å². The van der Waals surface area contributed by atoms with Crippen molar-refractivity contribution in [2.75, 3.05) is 0 Å². The molecule has 0 unspecified atom stereocenters. The molecule has 0 saturated heterocycles. The summed E-state index contributed by atoms with van der Waals surface area (Å²) in [6, 6.07) is 63.4. The lowest BCUT2D eigenvalue weighted by Gasteiger charge is -2.16. The van der Waals surface area contributed by atoms with E-state index in [2.05, 4.69) is 144 Å². The van der Waals surface area contributed by atoms with Gasteiger partial charge in [0.1, 0.15) is 22.3 Å². The van der Waals surface area contributed by atoms with Gasteiger partial charge in [0.15, 0.2) is 17.5 Å². The predicted octanol–water partition coefficient (Wildman–Crippen LogP) is 14.1. The molecule has 274 valence electrons. The number of hydrogen-bond acceptors (Lipinski definition) is 5. The standard InChI is InChI=1S/C53H30N4O2/c1-2-12-32-27-35(22-21-31(32)11-1)51-54-52(36-23-25-47-41(29-36)38-16-6-9-19-45(38)58-47)56-53(55-51)50-43(24-26-48-49(50)39-17-7-10-20-46(39)59-48)57-42-18-8-5-15-37(42)40-28-33-13-3-4-14-34(33)30-44(40)57/h1-30H. The normalized spacial score (nSPS) is 12.1. The Hall–Kier alpha value is -8.09. The summed E-state index contributed by atoms with van der Waals surface area (Å²) in [6.45, 7) is 0. The van der Waals surface area contributed by atoms with Gasteiger partial charge in [-0.3, -0.25) is 0 Å². The van der Waals surface area contributed by atoms with E-state index in [9.17, 15) is 0 Å². The van der Waals surface area contributed by atoms with Gasteiger partial charge in [0.05, 0.1) is 22.3 Å². The maximum Gasteiger partial charge on any atom is 0.166 e. The Morgan fingerprint density at radius 2 is 0.898 bits per heavy atom. The monoisotopic (exact) mass is 754 g/mol. The van der Waals surface area contributed by atoms with Crippen molar-refractivity contribution in [2.45, 2.75) is 0 Å². The molecular weight excluding hydrogens is 725 g/mol. The van der Waals surface area contributed by atoms with Crippen molar-refractivity contribution in [3.05, 3.63) is 182 Å². The van der Waals surface area contributed by atoms with Crippen LogP contribution in [0.5, 0.6) is 0 Å². The van der Waals surface area contributed by atoms with Gasteiger partial charge in [-0.1, -0.05) is 115 Å². The molecule has 13 rings (SSSR count). The smallest absolute Gasteiger partial charge is 0.166 e. The van der Waals surface area contributed by atoms with Gasteiger partial charge in [-0.05, 0) is 88.3 Å². The van der Waals surface area contributed by atoms with Crippen LogP contribution in [0.1, 0.15) is 0 Å². The van der Waals surface area contributed by atoms with Crippen LogP contribution >= 0.6 is 0 Å². The summed E-state index contributed by atoms with van der Waals surface area (Å²) in [5.41, 5.74) is 8.98. The molecule has 0 radical (unpaired) electrons. The summed E-state index contributed by atoms with van der Waals surface area (Å²) in [5.74, 6) is 1.69. The van der Waals surface area contributed by atoms with Gasteiger partial charge in [0.25, 0.3) is 0 Å². The van der Waals surface area contributed by atoms with Crippen LogP contribution in [0.15, 0.2) is 191 Å². The first-order valence-electron chi connectivity index (χ1n) is 19.8. The Balaban J connectivity index is 1.16. The van der Waals surface area contributed by atoms with Gasteiger partial charge in [-0.15, -0.1) is 0 Å². The van der Waals surface area contributed by atoms with Gasteiger partial charge >= 0.3 is 0 Å². The molecule has 0 N–H and O–H groups in total. The van der Waals surface area contributed by atoms with E-state index in [4.69, 9.17) is 23.8 Å². The number of fused-ring (bicyclic) bond motifs is 11. The van der Waals surface area contributed by atoms with Crippen molar-refractivity contribution in [1.29, 1.82) is 0 Å². The van der Waals surface area contributed by atoms with Crippen molar-refractivity contribution >= 4 is 87.2 Å². The largest absolute Gasteiger partial charge is 0.456 e. The fourth-order valence-electron chi connectivity index (χ4n) is 9.07. The van der Waals surface area contributed by atoms with Crippen LogP contribution in [0.4, 0.5) is 0 Å². The van der Waals surface area contributed by atoms with Crippen LogP contribution in [-0.2, 0) is 0 Å². The third kappa shape index (κ3) is 4.84. The minimum atomic E-state index is 0.550. The van der Waals surface area contributed by atoms with Gasteiger partial charge in [0, 0.05) is 43.4 Å². The molecule has 4 heterocycles. The molecule has 0 aliphatic carbocycles. The third-order valence-electron chi connectivity index (χ3n) is 11.8. The topological polar surface area (TPSA) is 69.9 Å². The Morgan fingerprint density at radius 3 is 1.71 bits per heavy atom. The summed E-state index contributed by atoms with van der Waals surface area (Å²) < 4.78 is 15.2. The number of hydrogen-bond donors (Lipinski definition) is 0. The first kappa shape index (κ1) is 32.0. The van der Waals surface area contributed by atoms with Crippen molar-refractivity contribution in [2.24, 2.45) is 0 Å². The first-order chi connectivity index (χ1) is 29.2. The molecule has 0 spiro atoms. The number of nitrogens with zero attached hydrogens (tertiary/aromatic N) is 4. The highest BCUT2D eigenvalue weighted by molar-refractivity contribution is 6.17. The molecule has 0 amide bonds. The Labute approximate surface area is 336 Å². The quantitative estimate of drug-likeness (QED) is 0.179. The molecule has 6 nitrogen and oxygen atoms in total. The highest BCUT2D eigenvalue weighted by atomic mass is 16.3. The molecule has 9 aromatic carbocycles. The van der Waals surface area contributed by atoms with Crippen LogP contribution in [0.3, 0.4) is 0 Å². The summed E-state index contributed by atoms with van der Waals surface area (Å²) in [4.78, 5) is 16.1. The average molecular weight is 755 g/mol. The molecule has 59 heavy (non-hydrogen) atoms. The molecule has 0 aliphatic heterocycles. The van der Waals surface area contributed by atoms with E-state index in [1.165, 1.54) is 21.5 Å². The summed E-state index contributed by atoms with van der Waals surface area (Å²) >= 11 is 0. The van der Waals surface area contributed by atoms with Crippen molar-refractivity contribution in [1.82, 2.24) is 19.5 Å². The third-order valence-corrected chi connectivity index (χ3v) is 11.8. The fourth-order valence-corrected chi connectivity index (χ4v) is 9.07. The lowest BCUT2D eigenvalue weighted by Crippen LogP contribution is -2.04. The Morgan fingerprint density at radius 1 is 0.339 bits per heavy atom. The first-order valence-corrected chi connectivity index (χ1v) is 19.8. The summed E-state index contributed by atoms with van der Waals surface area (Å²) in [7, 11) is 0. The highest BCUT2D eigenvalue weighted by Gasteiger charge is 2.25. The Bertz CT molecular complexity index is 3870. The zero-order chi connectivity index (χ0) is 38.6. The summed E-state index contributed by atoms with van der Waals surface area (Å²) in [6.07, 6.45) is 0. The second-order valence-electron chi connectivity index (χ2n) is 15.2. The van der Waals surface area contributed by atoms with E-state index in [-0.39, 0.29) is 0 Å². The second-order valence-corrected chi connectivity index (χ2v) is 15.2. The van der Waals surface area contributed by atoms with Crippen molar-refractivity contribution in [3.8, 4) is 39.9 Å². The number of rotatable bonds is 4. The molecule has 13 aromatic rings. The molecule has 0 fully saturated rings. The van der Waals surface area contributed by atoms with Crippen molar-refractivity contribution in [3.63, 3.8) is 0 Å². The average Bonchev–Trinajstić information content (AvgIpc) is 3.96. The minimum Gasteiger partial charge on any atom is -0.456 e. The molecule has 4 aromatic heterocycles. The van der Waals surface area contributed by atoms with Gasteiger partial charge in [0.2, 0.25) is 0 Å². The molecular formula is C53H30N4O2. The van der Waals surface area contributed by atoms with E-state index in [1.807, 2.05) is 42.5 Å². The van der Waals surface area contributed by atoms with Crippen molar-refractivity contribution < 1.29 is 8.83 Å². The SMILES string of the molecule is c1ccc2cc(-c3nc(-c4ccc5oc6ccccc6c5c4)nc(-c4c(-n5c6ccccc6c6cc7ccccc7cc65)ccc5oc6ccccc6c45)n3)ccc2c1. The number of para-hydroxylation sites is 3. The predicted molar refractivity (Wildman–Crippen MR) is 240 cm³/mol. The van der Waals surface area contributed by atoms with E-state index in [0.717, 1.165) is 88.1 Å². The van der Waals surface area contributed by atoms with Crippen LogP contribution < -0.4 is 0 Å². The highest BCUT2D eigenvalue weighted by Crippen LogP contribution is 2.44. The van der Waals surface area contributed by atoms with E-state index < -0.39 is 0 Å². The summed E-state index contributed by atoms with van der Waals surface area (Å²) in [5, 5.41) is 11.0. The van der Waals surface area contributed by atoms with Gasteiger partial charge in [-0.25, -0.2) is 15.0 Å². The zero-order valence-corrected chi connectivity index (χ0v) is 31.4. The molecule has 0 bridgehead atoms. The fraction of sp³-hybridized carbons (Fsp3) is 0. The van der Waals surface area contributed by atoms with Gasteiger partial charge in [-0.2, -0.15) is 0 Å². The lowest BCUT2D eigenvalue weighted by atomic mass is 10.0. The molecule has 6 heteroatoms. The van der Waals surface area contributed by atoms with Crippen LogP contribution in [-0.4, -0.2) is 19.5 Å². The van der Waals surface area contributed by atoms with E-state index >= 15 is 0 Å². The molecule has 0 aliphatic rings. The van der Waals surface area contributed by atoms with Crippen LogP contribution in [0.25, 0.3) is 127 Å². The van der Waals surface area contributed by atoms with Gasteiger partial charge < -0.3 is 13.4 Å².